The first kappa shape index (κ1) is 16.1. The molecule has 0 bridgehead atoms. The molecule has 0 radical (unpaired) electrons. The summed E-state index contributed by atoms with van der Waals surface area (Å²) in [5.74, 6) is -0.743. The van der Waals surface area contributed by atoms with E-state index in [4.69, 9.17) is 0 Å². The number of halogens is 3. The summed E-state index contributed by atoms with van der Waals surface area (Å²) in [4.78, 5) is 22.0. The summed E-state index contributed by atoms with van der Waals surface area (Å²) in [6.07, 6.45) is -5.04. The molecule has 1 aromatic rings. The average Bonchev–Trinajstić information content (AvgIpc) is 2.35. The minimum Gasteiger partial charge on any atom is -0.294 e. The quantitative estimate of drug-likeness (QED) is 0.471. The molecule has 0 aliphatic heterocycles. The fraction of sp³-hybridized carbons (Fsp3) is 0.462. The highest BCUT2D eigenvalue weighted by atomic mass is 19.4. The summed E-state index contributed by atoms with van der Waals surface area (Å²) < 4.78 is 38.3. The van der Waals surface area contributed by atoms with Crippen LogP contribution in [0.25, 0.3) is 0 Å². The molecule has 0 unspecified atom stereocenters. The second-order valence-corrected chi connectivity index (χ2v) is 5.04. The van der Waals surface area contributed by atoms with Crippen LogP contribution in [-0.4, -0.2) is 16.2 Å². The van der Waals surface area contributed by atoms with Crippen LogP contribution in [0, 0.1) is 10.1 Å². The summed E-state index contributed by atoms with van der Waals surface area (Å²) in [5.41, 5.74) is -2.80. The normalized spacial score (nSPS) is 12.2. The molecular formula is C13H14F3NO3. The van der Waals surface area contributed by atoms with Crippen LogP contribution in [0.5, 0.6) is 0 Å². The first-order valence-corrected chi connectivity index (χ1v) is 5.89. The number of ketones is 1. The molecule has 20 heavy (non-hydrogen) atoms. The van der Waals surface area contributed by atoms with E-state index in [1.165, 1.54) is 26.0 Å². The van der Waals surface area contributed by atoms with Gasteiger partial charge in [-0.05, 0) is 6.07 Å². The largest absolute Gasteiger partial charge is 0.417 e. The third kappa shape index (κ3) is 3.79. The van der Waals surface area contributed by atoms with E-state index >= 15 is 0 Å². The Kier molecular flexibility index (Phi) is 4.52. The van der Waals surface area contributed by atoms with Gasteiger partial charge in [0.1, 0.15) is 0 Å². The summed E-state index contributed by atoms with van der Waals surface area (Å²) in [5, 5.41) is 10.7. The van der Waals surface area contributed by atoms with Crippen molar-refractivity contribution in [3.63, 3.8) is 0 Å². The highest BCUT2D eigenvalue weighted by Gasteiger charge is 2.36. The molecular weight excluding hydrogens is 275 g/mol. The lowest BCUT2D eigenvalue weighted by atomic mass is 9.93. The molecule has 0 amide bonds. The fourth-order valence-corrected chi connectivity index (χ4v) is 1.62. The maximum absolute atomic E-state index is 12.8. The Morgan fingerprint density at radius 1 is 1.25 bits per heavy atom. The third-order valence-electron chi connectivity index (χ3n) is 2.99. The van der Waals surface area contributed by atoms with E-state index in [0.29, 0.717) is 0 Å². The second kappa shape index (κ2) is 5.60. The fourth-order valence-electron chi connectivity index (χ4n) is 1.62. The molecule has 0 N–H and O–H groups in total. The van der Waals surface area contributed by atoms with E-state index in [0.717, 1.165) is 12.1 Å². The minimum atomic E-state index is -4.62. The average molecular weight is 289 g/mol. The van der Waals surface area contributed by atoms with Crippen molar-refractivity contribution in [1.82, 2.24) is 0 Å². The van der Waals surface area contributed by atoms with Crippen molar-refractivity contribution < 1.29 is 22.9 Å². The zero-order valence-electron chi connectivity index (χ0n) is 11.0. The predicted molar refractivity (Wildman–Crippen MR) is 66.1 cm³/mol. The Balaban J connectivity index is 2.92. The van der Waals surface area contributed by atoms with Crippen LogP contribution < -0.4 is 0 Å². The van der Waals surface area contributed by atoms with E-state index < -0.39 is 33.5 Å². The number of rotatable bonds is 5. The topological polar surface area (TPSA) is 60.2 Å². The van der Waals surface area contributed by atoms with Crippen molar-refractivity contribution in [2.75, 3.05) is 0 Å². The highest BCUT2D eigenvalue weighted by Crippen LogP contribution is 2.32. The Morgan fingerprint density at radius 2 is 1.80 bits per heavy atom. The number of nitrogens with zero attached hydrogens (tertiary/aromatic N) is 1. The number of nitro groups is 1. The number of carbonyl (C=O) groups excluding carboxylic acids is 1. The lowest BCUT2D eigenvalue weighted by Gasteiger charge is -2.16. The van der Waals surface area contributed by atoms with Gasteiger partial charge in [-0.3, -0.25) is 14.9 Å². The number of hydrogen-bond donors (Lipinski definition) is 0. The van der Waals surface area contributed by atoms with Gasteiger partial charge in [0.25, 0.3) is 0 Å². The van der Waals surface area contributed by atoms with Crippen molar-refractivity contribution in [1.29, 1.82) is 0 Å². The standard InChI is InChI=1S/C13H14F3NO3/c1-12(2,17(19)20)8-7-11(18)9-5-3-4-6-10(9)13(14,15)16/h3-6H,7-8H2,1-2H3. The van der Waals surface area contributed by atoms with Gasteiger partial charge in [0, 0.05) is 37.2 Å². The van der Waals surface area contributed by atoms with Crippen LogP contribution in [0.15, 0.2) is 24.3 Å². The Bertz CT molecular complexity index is 524. The highest BCUT2D eigenvalue weighted by molar-refractivity contribution is 5.97. The molecule has 0 aromatic heterocycles. The van der Waals surface area contributed by atoms with E-state index in [9.17, 15) is 28.1 Å². The summed E-state index contributed by atoms with van der Waals surface area (Å²) in [6.45, 7) is 2.66. The zero-order chi connectivity index (χ0) is 15.6. The van der Waals surface area contributed by atoms with E-state index in [1.54, 1.807) is 0 Å². The van der Waals surface area contributed by atoms with Crippen LogP contribution in [0.1, 0.15) is 42.6 Å². The molecule has 0 saturated heterocycles. The molecule has 0 saturated carbocycles. The lowest BCUT2D eigenvalue weighted by Crippen LogP contribution is -2.31. The van der Waals surface area contributed by atoms with Crippen LogP contribution in [0.2, 0.25) is 0 Å². The molecule has 0 atom stereocenters. The number of hydrogen-bond acceptors (Lipinski definition) is 3. The monoisotopic (exact) mass is 289 g/mol. The van der Waals surface area contributed by atoms with Crippen molar-refractivity contribution in [3.8, 4) is 0 Å². The second-order valence-electron chi connectivity index (χ2n) is 5.04. The van der Waals surface area contributed by atoms with E-state index in [-0.39, 0.29) is 12.8 Å². The smallest absolute Gasteiger partial charge is 0.294 e. The van der Waals surface area contributed by atoms with E-state index in [2.05, 4.69) is 0 Å². The van der Waals surface area contributed by atoms with Gasteiger partial charge in [-0.1, -0.05) is 18.2 Å². The minimum absolute atomic E-state index is 0.120. The van der Waals surface area contributed by atoms with Crippen molar-refractivity contribution in [3.05, 3.63) is 45.5 Å². The number of Topliss-reactive ketones (excluding diaryl/α,β-unsaturated/α-hetero) is 1. The van der Waals surface area contributed by atoms with Gasteiger partial charge in [-0.2, -0.15) is 13.2 Å². The van der Waals surface area contributed by atoms with Crippen molar-refractivity contribution >= 4 is 5.78 Å². The zero-order valence-corrected chi connectivity index (χ0v) is 11.0. The van der Waals surface area contributed by atoms with Crippen LogP contribution in [-0.2, 0) is 6.18 Å². The van der Waals surface area contributed by atoms with Crippen LogP contribution >= 0.6 is 0 Å². The molecule has 0 spiro atoms. The molecule has 0 heterocycles. The number of carbonyl (C=O) groups is 1. The molecule has 4 nitrogen and oxygen atoms in total. The maximum Gasteiger partial charge on any atom is 0.417 e. The summed E-state index contributed by atoms with van der Waals surface area (Å²) >= 11 is 0. The molecule has 110 valence electrons. The SMILES string of the molecule is CC(C)(CCC(=O)c1ccccc1C(F)(F)F)[N+](=O)[O-]. The van der Waals surface area contributed by atoms with Gasteiger partial charge in [-0.25, -0.2) is 0 Å². The lowest BCUT2D eigenvalue weighted by molar-refractivity contribution is -0.561. The molecule has 7 heteroatoms. The van der Waals surface area contributed by atoms with Crippen LogP contribution in [0.4, 0.5) is 13.2 Å². The first-order valence-electron chi connectivity index (χ1n) is 5.89. The van der Waals surface area contributed by atoms with E-state index in [1.807, 2.05) is 0 Å². The summed E-state index contributed by atoms with van der Waals surface area (Å²) in [7, 11) is 0. The number of alkyl halides is 3. The van der Waals surface area contributed by atoms with Gasteiger partial charge in [0.2, 0.25) is 5.54 Å². The van der Waals surface area contributed by atoms with Crippen LogP contribution in [0.3, 0.4) is 0 Å². The molecule has 1 rings (SSSR count). The van der Waals surface area contributed by atoms with Crippen molar-refractivity contribution in [2.24, 2.45) is 0 Å². The Hall–Kier alpha value is -1.92. The Morgan fingerprint density at radius 3 is 2.30 bits per heavy atom. The van der Waals surface area contributed by atoms with Gasteiger partial charge >= 0.3 is 6.18 Å². The van der Waals surface area contributed by atoms with Crippen molar-refractivity contribution in [2.45, 2.75) is 38.4 Å². The molecule has 0 aliphatic carbocycles. The molecule has 0 fully saturated rings. The number of benzene rings is 1. The predicted octanol–water partition coefficient (Wildman–Crippen LogP) is 3.72. The summed E-state index contributed by atoms with van der Waals surface area (Å²) in [6, 6.07) is 4.44. The Labute approximate surface area is 113 Å². The van der Waals surface area contributed by atoms with Gasteiger partial charge in [0.15, 0.2) is 5.78 Å². The molecule has 0 aliphatic rings. The first-order chi connectivity index (χ1) is 9.05. The van der Waals surface area contributed by atoms with Gasteiger partial charge in [0.05, 0.1) is 5.56 Å². The van der Waals surface area contributed by atoms with Gasteiger partial charge < -0.3 is 0 Å². The van der Waals surface area contributed by atoms with Gasteiger partial charge in [-0.15, -0.1) is 0 Å². The maximum atomic E-state index is 12.8. The molecule has 1 aromatic carbocycles. The third-order valence-corrected chi connectivity index (χ3v) is 2.99.